The molecule has 33 heavy (non-hydrogen) atoms. The van der Waals surface area contributed by atoms with Crippen LogP contribution in [0.3, 0.4) is 0 Å². The molecule has 4 rings (SSSR count). The van der Waals surface area contributed by atoms with Gasteiger partial charge < -0.3 is 24.4 Å². The van der Waals surface area contributed by atoms with Gasteiger partial charge in [0.1, 0.15) is 19.8 Å². The third kappa shape index (κ3) is 5.95. The van der Waals surface area contributed by atoms with Crippen molar-refractivity contribution in [2.75, 3.05) is 31.3 Å². The van der Waals surface area contributed by atoms with Crippen molar-refractivity contribution in [1.82, 2.24) is 5.32 Å². The first-order chi connectivity index (χ1) is 15.8. The molecule has 2 aliphatic heterocycles. The Morgan fingerprint density at radius 3 is 2.48 bits per heavy atom. The Balaban J connectivity index is 1.27. The van der Waals surface area contributed by atoms with Crippen molar-refractivity contribution in [2.24, 2.45) is 5.92 Å². The maximum absolute atomic E-state index is 12.6. The molecule has 2 aliphatic rings. The topological polar surface area (TPSA) is 77.1 Å². The second kappa shape index (κ2) is 9.70. The molecule has 0 unspecified atom stereocenters. The normalized spacial score (nSPS) is 17.8. The van der Waals surface area contributed by atoms with Crippen molar-refractivity contribution in [3.8, 4) is 11.5 Å². The number of halogens is 3. The molecule has 2 heterocycles. The largest absolute Gasteiger partial charge is 0.486 e. The number of nitrogens with zero attached hydrogens (tertiary/aromatic N) is 1. The lowest BCUT2D eigenvalue weighted by Gasteiger charge is -2.22. The number of amides is 2. The predicted octanol–water partition coefficient (Wildman–Crippen LogP) is 3.21. The molecule has 0 saturated carbocycles. The van der Waals surface area contributed by atoms with Gasteiger partial charge in [-0.25, -0.2) is 0 Å². The van der Waals surface area contributed by atoms with Gasteiger partial charge in [0, 0.05) is 31.3 Å². The van der Waals surface area contributed by atoms with Gasteiger partial charge in [0.2, 0.25) is 11.8 Å². The zero-order valence-electron chi connectivity index (χ0n) is 17.7. The maximum atomic E-state index is 12.6. The van der Waals surface area contributed by atoms with Crippen molar-refractivity contribution >= 4 is 17.5 Å². The zero-order chi connectivity index (χ0) is 23.4. The molecule has 176 valence electrons. The summed E-state index contributed by atoms with van der Waals surface area (Å²) in [6.07, 6.45) is -4.25. The second-order valence-corrected chi connectivity index (χ2v) is 7.88. The lowest BCUT2D eigenvalue weighted by molar-refractivity contribution is -0.176. The Kier molecular flexibility index (Phi) is 6.73. The second-order valence-electron chi connectivity index (χ2n) is 7.88. The van der Waals surface area contributed by atoms with Crippen LogP contribution in [0.4, 0.5) is 18.9 Å². The van der Waals surface area contributed by atoms with Crippen molar-refractivity contribution in [1.29, 1.82) is 0 Å². The Labute approximate surface area is 188 Å². The molecule has 10 heteroatoms. The summed E-state index contributed by atoms with van der Waals surface area (Å²) in [5.41, 5.74) is 2.05. The molecule has 2 aromatic rings. The van der Waals surface area contributed by atoms with Crippen molar-refractivity contribution in [3.05, 3.63) is 53.6 Å². The summed E-state index contributed by atoms with van der Waals surface area (Å²) in [5, 5.41) is 2.82. The molecule has 1 N–H and O–H groups in total. The average Bonchev–Trinajstić information content (AvgIpc) is 3.19. The van der Waals surface area contributed by atoms with E-state index in [9.17, 15) is 22.8 Å². The van der Waals surface area contributed by atoms with Gasteiger partial charge in [-0.2, -0.15) is 13.2 Å². The van der Waals surface area contributed by atoms with Crippen LogP contribution >= 0.6 is 0 Å². The molecule has 0 radical (unpaired) electrons. The van der Waals surface area contributed by atoms with E-state index in [-0.39, 0.29) is 37.9 Å². The predicted molar refractivity (Wildman–Crippen MR) is 112 cm³/mol. The average molecular weight is 464 g/mol. The van der Waals surface area contributed by atoms with Gasteiger partial charge in [-0.15, -0.1) is 0 Å². The van der Waals surface area contributed by atoms with E-state index in [1.165, 1.54) is 0 Å². The Bertz CT molecular complexity index is 1010. The molecule has 0 aliphatic carbocycles. The number of hydrogen-bond donors (Lipinski definition) is 1. The van der Waals surface area contributed by atoms with Gasteiger partial charge >= 0.3 is 6.18 Å². The number of carbonyl (C=O) groups excluding carboxylic acids is 2. The van der Waals surface area contributed by atoms with E-state index in [1.807, 2.05) is 0 Å². The highest BCUT2D eigenvalue weighted by Gasteiger charge is 2.35. The summed E-state index contributed by atoms with van der Waals surface area (Å²) in [6.45, 7) is -0.0138. The van der Waals surface area contributed by atoms with E-state index >= 15 is 0 Å². The van der Waals surface area contributed by atoms with Crippen molar-refractivity contribution in [2.45, 2.75) is 25.7 Å². The van der Waals surface area contributed by atoms with Gasteiger partial charge in [-0.3, -0.25) is 9.59 Å². The highest BCUT2D eigenvalue weighted by atomic mass is 19.4. The Hall–Kier alpha value is -3.27. The highest BCUT2D eigenvalue weighted by molar-refractivity contribution is 6.00. The molecule has 1 atom stereocenters. The Morgan fingerprint density at radius 2 is 1.76 bits per heavy atom. The van der Waals surface area contributed by atoms with Crippen LogP contribution in [-0.2, 0) is 27.5 Å². The number of rotatable bonds is 7. The van der Waals surface area contributed by atoms with Crippen LogP contribution in [-0.4, -0.2) is 44.4 Å². The van der Waals surface area contributed by atoms with Crippen LogP contribution in [0.5, 0.6) is 11.5 Å². The van der Waals surface area contributed by atoms with Crippen LogP contribution in [0.1, 0.15) is 17.5 Å². The van der Waals surface area contributed by atoms with Crippen LogP contribution in [0.15, 0.2) is 42.5 Å². The molecule has 1 fully saturated rings. The molecule has 0 spiro atoms. The molecule has 2 aromatic carbocycles. The minimum Gasteiger partial charge on any atom is -0.486 e. The molecular formula is C23H23F3N2O5. The third-order valence-corrected chi connectivity index (χ3v) is 5.36. The number of benzene rings is 2. The standard InChI is InChI=1S/C23H23F3N2O5/c24-23(25,26)14-31-13-16-3-1-15(2-4-16)11-27-22(30)17-9-21(29)28(12-17)18-5-6-19-20(10-18)33-8-7-32-19/h1-6,10,17H,7-9,11-14H2,(H,27,30)/t17-/m1/s1. The summed E-state index contributed by atoms with van der Waals surface area (Å²) in [6, 6.07) is 12.0. The van der Waals surface area contributed by atoms with Crippen LogP contribution in [0.25, 0.3) is 0 Å². The molecule has 0 bridgehead atoms. The Morgan fingerprint density at radius 1 is 1.06 bits per heavy atom. The van der Waals surface area contributed by atoms with E-state index in [2.05, 4.69) is 10.1 Å². The van der Waals surface area contributed by atoms with Gasteiger partial charge in [-0.1, -0.05) is 24.3 Å². The van der Waals surface area contributed by atoms with Crippen LogP contribution < -0.4 is 19.7 Å². The first-order valence-electron chi connectivity index (χ1n) is 10.5. The van der Waals surface area contributed by atoms with Gasteiger partial charge in [-0.05, 0) is 23.3 Å². The quantitative estimate of drug-likeness (QED) is 0.681. The lowest BCUT2D eigenvalue weighted by Crippen LogP contribution is -2.32. The minimum atomic E-state index is -4.36. The van der Waals surface area contributed by atoms with Crippen molar-refractivity contribution in [3.63, 3.8) is 0 Å². The smallest absolute Gasteiger partial charge is 0.411 e. The summed E-state index contributed by atoms with van der Waals surface area (Å²) in [4.78, 5) is 26.7. The third-order valence-electron chi connectivity index (χ3n) is 5.36. The van der Waals surface area contributed by atoms with Gasteiger partial charge in [0.15, 0.2) is 11.5 Å². The number of anilines is 1. The van der Waals surface area contributed by atoms with Crippen LogP contribution in [0, 0.1) is 5.92 Å². The molecule has 0 aromatic heterocycles. The van der Waals surface area contributed by atoms with E-state index < -0.39 is 18.7 Å². The monoisotopic (exact) mass is 464 g/mol. The fourth-order valence-electron chi connectivity index (χ4n) is 3.70. The lowest BCUT2D eigenvalue weighted by atomic mass is 10.1. The van der Waals surface area contributed by atoms with E-state index in [4.69, 9.17) is 9.47 Å². The fourth-order valence-corrected chi connectivity index (χ4v) is 3.70. The minimum absolute atomic E-state index is 0.107. The molecule has 1 saturated heterocycles. The first kappa shape index (κ1) is 22.9. The van der Waals surface area contributed by atoms with E-state index in [0.717, 1.165) is 5.56 Å². The van der Waals surface area contributed by atoms with E-state index in [1.54, 1.807) is 47.4 Å². The fraction of sp³-hybridized carbons (Fsp3) is 0.391. The van der Waals surface area contributed by atoms with E-state index in [0.29, 0.717) is 36.0 Å². The molecular weight excluding hydrogens is 441 g/mol. The van der Waals surface area contributed by atoms with Crippen molar-refractivity contribution < 1.29 is 37.0 Å². The number of carbonyl (C=O) groups is 2. The highest BCUT2D eigenvalue weighted by Crippen LogP contribution is 2.36. The molecule has 7 nitrogen and oxygen atoms in total. The number of alkyl halides is 3. The number of nitrogens with one attached hydrogen (secondary N) is 1. The first-order valence-corrected chi connectivity index (χ1v) is 10.5. The number of hydrogen-bond acceptors (Lipinski definition) is 5. The summed E-state index contributed by atoms with van der Waals surface area (Å²) < 4.78 is 52.1. The van der Waals surface area contributed by atoms with Gasteiger partial charge in [0.05, 0.1) is 12.5 Å². The zero-order valence-corrected chi connectivity index (χ0v) is 17.7. The SMILES string of the molecule is O=C(NCc1ccc(COCC(F)(F)F)cc1)[C@@H]1CC(=O)N(c2ccc3c(c2)OCCO3)C1. The maximum Gasteiger partial charge on any atom is 0.411 e. The summed E-state index contributed by atoms with van der Waals surface area (Å²) in [5.74, 6) is 0.340. The summed E-state index contributed by atoms with van der Waals surface area (Å²) in [7, 11) is 0. The van der Waals surface area contributed by atoms with Gasteiger partial charge in [0.25, 0.3) is 0 Å². The molecule has 2 amide bonds. The number of fused-ring (bicyclic) bond motifs is 1. The number of ether oxygens (including phenoxy) is 3. The summed E-state index contributed by atoms with van der Waals surface area (Å²) >= 11 is 0. The van der Waals surface area contributed by atoms with Crippen LogP contribution in [0.2, 0.25) is 0 Å².